The molecule has 1 aromatic rings. The highest BCUT2D eigenvalue weighted by Gasteiger charge is 2.30. The van der Waals surface area contributed by atoms with Crippen molar-refractivity contribution in [1.29, 1.82) is 0 Å². The molecular weight excluding hydrogens is 290 g/mol. The van der Waals surface area contributed by atoms with E-state index < -0.39 is 12.1 Å². The van der Waals surface area contributed by atoms with Crippen LogP contribution in [0.15, 0.2) is 36.4 Å². The highest BCUT2D eigenvalue weighted by molar-refractivity contribution is 5.87. The lowest BCUT2D eigenvalue weighted by atomic mass is 9.95. The van der Waals surface area contributed by atoms with Gasteiger partial charge in [0.1, 0.15) is 6.04 Å². The van der Waals surface area contributed by atoms with E-state index in [2.05, 4.69) is 23.5 Å². The van der Waals surface area contributed by atoms with Crippen LogP contribution in [-0.2, 0) is 4.79 Å². The van der Waals surface area contributed by atoms with Crippen LogP contribution in [0.4, 0.5) is 4.79 Å². The van der Waals surface area contributed by atoms with E-state index >= 15 is 0 Å². The standard InChI is InChI=1S/C18H25N3O2/c1-3-13(2)16(20-18(19)23)17(22)21-11-9-15(10-12-21)14-7-5-4-6-8-14/h4-9,13,16H,3,10-12H2,1-2H3,(H3,19,20,23)/t13-,16+/m0/s1. The third-order valence-electron chi connectivity index (χ3n) is 4.44. The third kappa shape index (κ3) is 4.34. The number of hydrogen-bond acceptors (Lipinski definition) is 2. The molecule has 0 saturated heterocycles. The van der Waals surface area contributed by atoms with Gasteiger partial charge in [0.2, 0.25) is 5.91 Å². The first kappa shape index (κ1) is 17.1. The van der Waals surface area contributed by atoms with Crippen molar-refractivity contribution in [1.82, 2.24) is 10.2 Å². The van der Waals surface area contributed by atoms with E-state index in [1.54, 1.807) is 4.90 Å². The van der Waals surface area contributed by atoms with E-state index in [-0.39, 0.29) is 11.8 Å². The van der Waals surface area contributed by atoms with Crippen molar-refractivity contribution >= 4 is 17.5 Å². The molecule has 23 heavy (non-hydrogen) atoms. The molecule has 0 fully saturated rings. The number of primary amides is 1. The zero-order valence-electron chi connectivity index (χ0n) is 13.8. The van der Waals surface area contributed by atoms with E-state index in [4.69, 9.17) is 5.73 Å². The molecule has 0 unspecified atom stereocenters. The van der Waals surface area contributed by atoms with Crippen molar-refractivity contribution in [2.45, 2.75) is 32.7 Å². The van der Waals surface area contributed by atoms with Gasteiger partial charge in [-0.3, -0.25) is 4.79 Å². The normalized spacial score (nSPS) is 17.1. The third-order valence-corrected chi connectivity index (χ3v) is 4.44. The average Bonchev–Trinajstić information content (AvgIpc) is 2.59. The van der Waals surface area contributed by atoms with Crippen molar-refractivity contribution < 1.29 is 9.59 Å². The molecule has 3 N–H and O–H groups in total. The molecule has 1 aromatic carbocycles. The summed E-state index contributed by atoms with van der Waals surface area (Å²) in [5.41, 5.74) is 7.68. The minimum atomic E-state index is -0.652. The number of urea groups is 1. The maximum absolute atomic E-state index is 12.7. The fourth-order valence-corrected chi connectivity index (χ4v) is 2.82. The number of hydrogen-bond donors (Lipinski definition) is 2. The van der Waals surface area contributed by atoms with Crippen LogP contribution in [0, 0.1) is 5.92 Å². The number of carbonyl (C=O) groups excluding carboxylic acids is 2. The number of amides is 3. The molecule has 1 aliphatic rings. The Morgan fingerprint density at radius 1 is 1.30 bits per heavy atom. The Morgan fingerprint density at radius 2 is 2.00 bits per heavy atom. The molecule has 0 bridgehead atoms. The van der Waals surface area contributed by atoms with Crippen LogP contribution in [0.5, 0.6) is 0 Å². The number of benzene rings is 1. The largest absolute Gasteiger partial charge is 0.352 e. The van der Waals surface area contributed by atoms with Crippen LogP contribution in [0.25, 0.3) is 5.57 Å². The first-order valence-electron chi connectivity index (χ1n) is 8.12. The lowest BCUT2D eigenvalue weighted by Gasteiger charge is -2.32. The molecular formula is C18H25N3O2. The van der Waals surface area contributed by atoms with Gasteiger partial charge in [-0.1, -0.05) is 56.7 Å². The Bertz CT molecular complexity index is 583. The van der Waals surface area contributed by atoms with Gasteiger partial charge in [-0.2, -0.15) is 0 Å². The monoisotopic (exact) mass is 315 g/mol. The summed E-state index contributed by atoms with van der Waals surface area (Å²) in [6.45, 7) is 5.17. The molecule has 0 spiro atoms. The number of rotatable bonds is 5. The molecule has 2 atom stereocenters. The predicted molar refractivity (Wildman–Crippen MR) is 91.6 cm³/mol. The van der Waals surface area contributed by atoms with E-state index in [9.17, 15) is 9.59 Å². The quantitative estimate of drug-likeness (QED) is 0.875. The zero-order valence-corrected chi connectivity index (χ0v) is 13.8. The van der Waals surface area contributed by atoms with Crippen molar-refractivity contribution in [2.75, 3.05) is 13.1 Å². The summed E-state index contributed by atoms with van der Waals surface area (Å²) in [7, 11) is 0. The second-order valence-electron chi connectivity index (χ2n) is 6.00. The van der Waals surface area contributed by atoms with E-state index in [0.717, 1.165) is 12.8 Å². The molecule has 2 rings (SSSR count). The van der Waals surface area contributed by atoms with Gasteiger partial charge < -0.3 is 16.0 Å². The Labute approximate surface area is 137 Å². The summed E-state index contributed by atoms with van der Waals surface area (Å²) in [6, 6.07) is 8.99. The van der Waals surface area contributed by atoms with Crippen molar-refractivity contribution in [2.24, 2.45) is 11.7 Å². The summed E-state index contributed by atoms with van der Waals surface area (Å²) < 4.78 is 0. The fraction of sp³-hybridized carbons (Fsp3) is 0.444. The van der Waals surface area contributed by atoms with Gasteiger partial charge in [0.05, 0.1) is 0 Å². The van der Waals surface area contributed by atoms with Crippen molar-refractivity contribution in [3.63, 3.8) is 0 Å². The zero-order chi connectivity index (χ0) is 16.8. The van der Waals surface area contributed by atoms with Crippen LogP contribution in [0.1, 0.15) is 32.3 Å². The highest BCUT2D eigenvalue weighted by Crippen LogP contribution is 2.23. The lowest BCUT2D eigenvalue weighted by Crippen LogP contribution is -2.53. The minimum absolute atomic E-state index is 0.0505. The Kier molecular flexibility index (Phi) is 5.79. The second kappa shape index (κ2) is 7.81. The number of carbonyl (C=O) groups is 2. The first-order chi connectivity index (χ1) is 11.0. The number of nitrogens with zero attached hydrogens (tertiary/aromatic N) is 1. The molecule has 0 aliphatic carbocycles. The summed E-state index contributed by atoms with van der Waals surface area (Å²) >= 11 is 0. The maximum Gasteiger partial charge on any atom is 0.312 e. The molecule has 124 valence electrons. The molecule has 5 nitrogen and oxygen atoms in total. The summed E-state index contributed by atoms with van der Waals surface area (Å²) in [6.07, 6.45) is 3.71. The van der Waals surface area contributed by atoms with Gasteiger partial charge in [0.25, 0.3) is 0 Å². The van der Waals surface area contributed by atoms with Gasteiger partial charge in [0.15, 0.2) is 0 Å². The second-order valence-corrected chi connectivity index (χ2v) is 6.00. The molecule has 1 heterocycles. The Balaban J connectivity index is 2.06. The van der Waals surface area contributed by atoms with Crippen LogP contribution >= 0.6 is 0 Å². The molecule has 0 saturated carbocycles. The van der Waals surface area contributed by atoms with Crippen LogP contribution in [0.2, 0.25) is 0 Å². The van der Waals surface area contributed by atoms with Crippen LogP contribution in [0.3, 0.4) is 0 Å². The number of nitrogens with two attached hydrogens (primary N) is 1. The first-order valence-corrected chi connectivity index (χ1v) is 8.12. The number of nitrogens with one attached hydrogen (secondary N) is 1. The molecule has 0 aromatic heterocycles. The predicted octanol–water partition coefficient (Wildman–Crippen LogP) is 2.39. The van der Waals surface area contributed by atoms with Crippen LogP contribution < -0.4 is 11.1 Å². The smallest absolute Gasteiger partial charge is 0.312 e. The summed E-state index contributed by atoms with van der Waals surface area (Å²) in [5, 5.41) is 2.60. The minimum Gasteiger partial charge on any atom is -0.352 e. The lowest BCUT2D eigenvalue weighted by molar-refractivity contribution is -0.134. The van der Waals surface area contributed by atoms with Gasteiger partial charge >= 0.3 is 6.03 Å². The highest BCUT2D eigenvalue weighted by atomic mass is 16.2. The SMILES string of the molecule is CC[C@H](C)[C@@H](NC(N)=O)C(=O)N1CC=C(c2ccccc2)CC1. The Morgan fingerprint density at radius 3 is 2.52 bits per heavy atom. The van der Waals surface area contributed by atoms with Gasteiger partial charge in [-0.05, 0) is 23.5 Å². The molecule has 1 aliphatic heterocycles. The molecule has 5 heteroatoms. The van der Waals surface area contributed by atoms with E-state index in [1.807, 2.05) is 32.0 Å². The molecule has 0 radical (unpaired) electrons. The van der Waals surface area contributed by atoms with E-state index in [0.29, 0.717) is 13.1 Å². The van der Waals surface area contributed by atoms with Gasteiger partial charge in [-0.15, -0.1) is 0 Å². The summed E-state index contributed by atoms with van der Waals surface area (Å²) in [5.74, 6) is -0.00369. The van der Waals surface area contributed by atoms with Crippen molar-refractivity contribution in [3.8, 4) is 0 Å². The van der Waals surface area contributed by atoms with E-state index in [1.165, 1.54) is 11.1 Å². The Hall–Kier alpha value is -2.30. The average molecular weight is 315 g/mol. The van der Waals surface area contributed by atoms with Gasteiger partial charge in [0, 0.05) is 13.1 Å². The molecule has 3 amide bonds. The fourth-order valence-electron chi connectivity index (χ4n) is 2.82. The van der Waals surface area contributed by atoms with Crippen molar-refractivity contribution in [3.05, 3.63) is 42.0 Å². The summed E-state index contributed by atoms with van der Waals surface area (Å²) in [4.78, 5) is 25.7. The topological polar surface area (TPSA) is 75.4 Å². The van der Waals surface area contributed by atoms with Gasteiger partial charge in [-0.25, -0.2) is 4.79 Å². The maximum atomic E-state index is 12.7. The van der Waals surface area contributed by atoms with Crippen LogP contribution in [-0.4, -0.2) is 36.0 Å².